The van der Waals surface area contributed by atoms with Crippen LogP contribution in [0.25, 0.3) is 0 Å². The molecule has 0 spiro atoms. The van der Waals surface area contributed by atoms with Crippen LogP contribution in [0.15, 0.2) is 33.7 Å². The van der Waals surface area contributed by atoms with Crippen molar-refractivity contribution in [2.75, 3.05) is 0 Å². The Kier molecular flexibility index (Phi) is 1.76. The Balaban J connectivity index is 2.91. The zero-order valence-corrected chi connectivity index (χ0v) is 5.96. The molecular formula is C7H8N2O. The molecule has 10 heavy (non-hydrogen) atoms. The van der Waals surface area contributed by atoms with Crippen molar-refractivity contribution < 1.29 is 4.79 Å². The van der Waals surface area contributed by atoms with Gasteiger partial charge < -0.3 is 0 Å². The lowest BCUT2D eigenvalue weighted by atomic mass is 10.2. The summed E-state index contributed by atoms with van der Waals surface area (Å²) in [5.74, 6) is -0.287. The Morgan fingerprint density at radius 1 is 1.30 bits per heavy atom. The van der Waals surface area contributed by atoms with Crippen LogP contribution in [0.5, 0.6) is 0 Å². The van der Waals surface area contributed by atoms with Crippen molar-refractivity contribution in [3.8, 4) is 0 Å². The number of rotatable bonds is 0. The molecule has 0 aromatic heterocycles. The van der Waals surface area contributed by atoms with Gasteiger partial charge in [0, 0.05) is 6.08 Å². The van der Waals surface area contributed by atoms with Crippen LogP contribution in [0.3, 0.4) is 0 Å². The first-order valence-corrected chi connectivity index (χ1v) is 3.01. The van der Waals surface area contributed by atoms with Crippen molar-refractivity contribution in [3.05, 3.63) is 23.4 Å². The lowest BCUT2D eigenvalue weighted by Gasteiger charge is -1.97. The van der Waals surface area contributed by atoms with Gasteiger partial charge in [-0.1, -0.05) is 0 Å². The van der Waals surface area contributed by atoms with Gasteiger partial charge in [-0.2, -0.15) is 0 Å². The summed E-state index contributed by atoms with van der Waals surface area (Å²) in [5, 5.41) is 7.05. The minimum atomic E-state index is -0.287. The summed E-state index contributed by atoms with van der Waals surface area (Å²) >= 11 is 0. The highest BCUT2D eigenvalue weighted by atomic mass is 16.1. The van der Waals surface area contributed by atoms with Crippen LogP contribution in [-0.4, -0.2) is 5.91 Å². The van der Waals surface area contributed by atoms with Crippen LogP contribution in [0, 0.1) is 0 Å². The van der Waals surface area contributed by atoms with Gasteiger partial charge in [-0.3, -0.25) is 4.79 Å². The van der Waals surface area contributed by atoms with Crippen LogP contribution in [0.4, 0.5) is 0 Å². The first kappa shape index (κ1) is 6.86. The highest BCUT2D eigenvalue weighted by Crippen LogP contribution is 2.10. The molecule has 3 heteroatoms. The molecule has 0 radical (unpaired) electrons. The zero-order chi connectivity index (χ0) is 7.56. The number of hydrogen-bond acceptors (Lipinski definition) is 2. The van der Waals surface area contributed by atoms with Crippen LogP contribution in [-0.2, 0) is 4.79 Å². The van der Waals surface area contributed by atoms with E-state index in [0.717, 1.165) is 11.3 Å². The molecule has 3 nitrogen and oxygen atoms in total. The van der Waals surface area contributed by atoms with Gasteiger partial charge in [0.1, 0.15) is 0 Å². The molecule has 1 heterocycles. The maximum atomic E-state index is 10.5. The summed E-state index contributed by atoms with van der Waals surface area (Å²) in [6.07, 6.45) is 3.08. The maximum Gasteiger partial charge on any atom is 0.288 e. The lowest BCUT2D eigenvalue weighted by molar-refractivity contribution is -0.114. The van der Waals surface area contributed by atoms with Crippen molar-refractivity contribution in [1.29, 1.82) is 0 Å². The molecule has 1 aliphatic heterocycles. The average molecular weight is 136 g/mol. The van der Waals surface area contributed by atoms with Crippen molar-refractivity contribution in [2.45, 2.75) is 13.8 Å². The Bertz CT molecular complexity index is 226. The Hall–Kier alpha value is -1.25. The van der Waals surface area contributed by atoms with Gasteiger partial charge in [0.05, 0.1) is 5.70 Å². The van der Waals surface area contributed by atoms with E-state index in [0.29, 0.717) is 0 Å². The molecule has 0 saturated heterocycles. The normalized spacial score (nSPS) is 16.2. The van der Waals surface area contributed by atoms with E-state index in [1.54, 1.807) is 6.08 Å². The van der Waals surface area contributed by atoms with Gasteiger partial charge in [-0.25, -0.2) is 0 Å². The highest BCUT2D eigenvalue weighted by molar-refractivity contribution is 5.89. The molecule has 0 aromatic rings. The van der Waals surface area contributed by atoms with Gasteiger partial charge in [0.2, 0.25) is 0 Å². The molecular weight excluding hydrogens is 128 g/mol. The molecule has 1 amide bonds. The number of carbonyl (C=O) groups is 1. The summed E-state index contributed by atoms with van der Waals surface area (Å²) in [4.78, 5) is 10.5. The smallest absolute Gasteiger partial charge is 0.266 e. The second-order valence-corrected chi connectivity index (χ2v) is 2.26. The summed E-state index contributed by atoms with van der Waals surface area (Å²) in [7, 11) is 0. The van der Waals surface area contributed by atoms with E-state index in [-0.39, 0.29) is 5.91 Å². The van der Waals surface area contributed by atoms with Crippen molar-refractivity contribution in [3.63, 3.8) is 0 Å². The lowest BCUT2D eigenvalue weighted by Crippen LogP contribution is -1.91. The van der Waals surface area contributed by atoms with Crippen molar-refractivity contribution >= 4 is 5.91 Å². The number of hydrogen-bond donors (Lipinski definition) is 0. The zero-order valence-electron chi connectivity index (χ0n) is 5.96. The molecule has 52 valence electrons. The molecule has 1 rings (SSSR count). The molecule has 0 fully saturated rings. The van der Waals surface area contributed by atoms with Gasteiger partial charge >= 0.3 is 0 Å². The van der Waals surface area contributed by atoms with Crippen molar-refractivity contribution in [1.82, 2.24) is 0 Å². The highest BCUT2D eigenvalue weighted by Gasteiger charge is 2.01. The van der Waals surface area contributed by atoms with E-state index >= 15 is 0 Å². The summed E-state index contributed by atoms with van der Waals surface area (Å²) < 4.78 is 0. The SMILES string of the molecule is CC(C)=C1C=CC(=O)N=N1. The van der Waals surface area contributed by atoms with Gasteiger partial charge in [-0.15, -0.1) is 10.2 Å². The molecule has 0 aromatic carbocycles. The molecule has 0 aliphatic carbocycles. The first-order chi connectivity index (χ1) is 4.70. The van der Waals surface area contributed by atoms with Crippen LogP contribution in [0.2, 0.25) is 0 Å². The van der Waals surface area contributed by atoms with E-state index in [1.807, 2.05) is 13.8 Å². The average Bonchev–Trinajstić information content (AvgIpc) is 1.88. The third kappa shape index (κ3) is 1.37. The maximum absolute atomic E-state index is 10.5. The number of allylic oxidation sites excluding steroid dienone is 2. The third-order valence-electron chi connectivity index (χ3n) is 1.15. The quantitative estimate of drug-likeness (QED) is 0.500. The Morgan fingerprint density at radius 3 is 2.40 bits per heavy atom. The molecule has 0 N–H and O–H groups in total. The van der Waals surface area contributed by atoms with Crippen LogP contribution < -0.4 is 0 Å². The van der Waals surface area contributed by atoms with Gasteiger partial charge in [-0.05, 0) is 25.5 Å². The van der Waals surface area contributed by atoms with Gasteiger partial charge in [0.25, 0.3) is 5.91 Å². The molecule has 0 atom stereocenters. The first-order valence-electron chi connectivity index (χ1n) is 3.01. The number of carbonyl (C=O) groups excluding carboxylic acids is 1. The second kappa shape index (κ2) is 2.56. The monoisotopic (exact) mass is 136 g/mol. The predicted octanol–water partition coefficient (Wildman–Crippen LogP) is 1.83. The summed E-state index contributed by atoms with van der Waals surface area (Å²) in [6.45, 7) is 3.85. The molecule has 1 aliphatic rings. The van der Waals surface area contributed by atoms with Crippen molar-refractivity contribution in [2.24, 2.45) is 10.2 Å². The van der Waals surface area contributed by atoms with Gasteiger partial charge in [0.15, 0.2) is 0 Å². The minimum absolute atomic E-state index is 0.287. The number of azo groups is 1. The molecule has 0 bridgehead atoms. The second-order valence-electron chi connectivity index (χ2n) is 2.26. The van der Waals surface area contributed by atoms with E-state index in [1.165, 1.54) is 6.08 Å². The minimum Gasteiger partial charge on any atom is -0.266 e. The van der Waals surface area contributed by atoms with Crippen LogP contribution in [0.1, 0.15) is 13.8 Å². The van der Waals surface area contributed by atoms with Crippen LogP contribution >= 0.6 is 0 Å². The number of amides is 1. The predicted molar refractivity (Wildman–Crippen MR) is 37.4 cm³/mol. The van der Waals surface area contributed by atoms with E-state index in [2.05, 4.69) is 10.2 Å². The van der Waals surface area contributed by atoms with E-state index in [4.69, 9.17) is 0 Å². The fourth-order valence-electron chi connectivity index (χ4n) is 0.587. The Morgan fingerprint density at radius 2 is 2.00 bits per heavy atom. The number of nitrogens with zero attached hydrogens (tertiary/aromatic N) is 2. The topological polar surface area (TPSA) is 41.8 Å². The molecule has 0 saturated carbocycles. The van der Waals surface area contributed by atoms with E-state index < -0.39 is 0 Å². The summed E-state index contributed by atoms with van der Waals surface area (Å²) in [6, 6.07) is 0. The fourth-order valence-corrected chi connectivity index (χ4v) is 0.587. The fraction of sp³-hybridized carbons (Fsp3) is 0.286. The molecule has 0 unspecified atom stereocenters. The Labute approximate surface area is 59.2 Å². The summed E-state index contributed by atoms with van der Waals surface area (Å²) in [5.41, 5.74) is 1.84. The van der Waals surface area contributed by atoms with E-state index in [9.17, 15) is 4.79 Å². The largest absolute Gasteiger partial charge is 0.288 e. The third-order valence-corrected chi connectivity index (χ3v) is 1.15. The standard InChI is InChI=1S/C7H8N2O/c1-5(2)6-3-4-7(10)9-8-6/h3-4H,1-2H3.